The fraction of sp³-hybridized carbons (Fsp3) is 0.391. The number of hydrogen-bond acceptors (Lipinski definition) is 6. The predicted octanol–water partition coefficient (Wildman–Crippen LogP) is 2.46. The smallest absolute Gasteiger partial charge is 0.274 e. The number of carbonyl (C=O) groups excluding carboxylic acids is 2. The molecule has 2 heterocycles. The summed E-state index contributed by atoms with van der Waals surface area (Å²) in [6.45, 7) is 2.30. The summed E-state index contributed by atoms with van der Waals surface area (Å²) in [5.41, 5.74) is 3.51. The minimum Gasteiger partial charge on any atom is -0.491 e. The van der Waals surface area contributed by atoms with E-state index in [1.165, 1.54) is 0 Å². The van der Waals surface area contributed by atoms with E-state index in [1.54, 1.807) is 28.6 Å². The molecule has 2 aromatic carbocycles. The number of hydrogen-bond donors (Lipinski definition) is 2. The van der Waals surface area contributed by atoms with Crippen LogP contribution in [0.15, 0.2) is 48.5 Å². The van der Waals surface area contributed by atoms with E-state index in [1.807, 2.05) is 30.3 Å². The summed E-state index contributed by atoms with van der Waals surface area (Å²) in [6.07, 6.45) is 0.791. The van der Waals surface area contributed by atoms with E-state index in [-0.39, 0.29) is 17.6 Å². The average Bonchev–Trinajstić information content (AvgIpc) is 3.05. The summed E-state index contributed by atoms with van der Waals surface area (Å²) in [5, 5.41) is 8.85. The Kier molecular flexibility index (Phi) is 6.81. The lowest BCUT2D eigenvalue weighted by atomic mass is 10.1. The van der Waals surface area contributed by atoms with Crippen LogP contribution in [0.4, 0.5) is 0 Å². The van der Waals surface area contributed by atoms with Gasteiger partial charge in [-0.25, -0.2) is 5.48 Å². The van der Waals surface area contributed by atoms with Gasteiger partial charge in [-0.05, 0) is 30.5 Å². The van der Waals surface area contributed by atoms with Gasteiger partial charge in [0.1, 0.15) is 12.4 Å². The molecule has 2 aliphatic rings. The lowest BCUT2D eigenvalue weighted by Gasteiger charge is -2.31. The molecule has 0 radical (unpaired) electrons. The topological polar surface area (TPSA) is 97.3 Å². The van der Waals surface area contributed by atoms with Crippen LogP contribution in [0.5, 0.6) is 5.75 Å². The lowest BCUT2D eigenvalue weighted by Crippen LogP contribution is -2.39. The molecule has 0 saturated carbocycles. The van der Waals surface area contributed by atoms with Gasteiger partial charge in [0.25, 0.3) is 11.8 Å². The second-order valence-corrected chi connectivity index (χ2v) is 7.61. The van der Waals surface area contributed by atoms with Gasteiger partial charge in [-0.2, -0.15) is 0 Å². The first-order valence-corrected chi connectivity index (χ1v) is 10.4. The van der Waals surface area contributed by atoms with Crippen molar-refractivity contribution in [1.82, 2.24) is 10.4 Å². The number of nitrogens with zero attached hydrogens (tertiary/aromatic N) is 1. The highest BCUT2D eigenvalue weighted by Crippen LogP contribution is 2.29. The van der Waals surface area contributed by atoms with Crippen molar-refractivity contribution < 1.29 is 29.0 Å². The molecule has 164 valence electrons. The molecule has 1 atom stereocenters. The van der Waals surface area contributed by atoms with Gasteiger partial charge < -0.3 is 19.1 Å². The normalized spacial score (nSPS) is 17.8. The first-order chi connectivity index (χ1) is 15.2. The number of rotatable bonds is 5. The van der Waals surface area contributed by atoms with E-state index in [0.717, 1.165) is 24.0 Å². The highest BCUT2D eigenvalue weighted by Gasteiger charge is 2.31. The number of ether oxygens (including phenoxy) is 3. The molecule has 0 spiro atoms. The van der Waals surface area contributed by atoms with Crippen LogP contribution in [0.25, 0.3) is 0 Å². The molecule has 8 nitrogen and oxygen atoms in total. The Morgan fingerprint density at radius 2 is 1.87 bits per heavy atom. The van der Waals surface area contributed by atoms with Gasteiger partial charge in [-0.1, -0.05) is 36.4 Å². The zero-order valence-electron chi connectivity index (χ0n) is 17.2. The van der Waals surface area contributed by atoms with Crippen molar-refractivity contribution in [2.24, 2.45) is 0 Å². The third-order valence-electron chi connectivity index (χ3n) is 5.55. The molecule has 1 fully saturated rings. The van der Waals surface area contributed by atoms with Crippen molar-refractivity contribution in [3.05, 3.63) is 65.2 Å². The van der Waals surface area contributed by atoms with Crippen molar-refractivity contribution in [3.8, 4) is 5.75 Å². The first-order valence-electron chi connectivity index (χ1n) is 10.4. The fourth-order valence-corrected chi connectivity index (χ4v) is 3.84. The van der Waals surface area contributed by atoms with Gasteiger partial charge >= 0.3 is 0 Å². The van der Waals surface area contributed by atoms with Crippen LogP contribution in [-0.2, 0) is 20.8 Å². The monoisotopic (exact) mass is 426 g/mol. The SMILES string of the molecule is O=C(NO)c1ccc2c(c1)OCCN(C(=O)C(OC1CCOCC1)c1ccccc1)C2. The number of hydroxylamine groups is 1. The van der Waals surface area contributed by atoms with Crippen molar-refractivity contribution in [1.29, 1.82) is 0 Å². The molecule has 4 rings (SSSR count). The van der Waals surface area contributed by atoms with E-state index < -0.39 is 12.0 Å². The average molecular weight is 426 g/mol. The third kappa shape index (κ3) is 5.04. The molecule has 2 aromatic rings. The van der Waals surface area contributed by atoms with Gasteiger partial charge in [-0.15, -0.1) is 0 Å². The molecule has 1 unspecified atom stereocenters. The Labute approximate surface area is 180 Å². The zero-order chi connectivity index (χ0) is 21.6. The Morgan fingerprint density at radius 1 is 1.10 bits per heavy atom. The fourth-order valence-electron chi connectivity index (χ4n) is 3.84. The summed E-state index contributed by atoms with van der Waals surface area (Å²) in [6, 6.07) is 14.4. The Bertz CT molecular complexity index is 914. The number of carbonyl (C=O) groups is 2. The van der Waals surface area contributed by atoms with Crippen LogP contribution in [0.3, 0.4) is 0 Å². The molecule has 0 aromatic heterocycles. The minimum absolute atomic E-state index is 0.0297. The predicted molar refractivity (Wildman–Crippen MR) is 111 cm³/mol. The van der Waals surface area contributed by atoms with E-state index in [4.69, 9.17) is 19.4 Å². The second kappa shape index (κ2) is 9.91. The first kappa shape index (κ1) is 21.3. The molecule has 31 heavy (non-hydrogen) atoms. The van der Waals surface area contributed by atoms with Gasteiger partial charge in [-0.3, -0.25) is 14.8 Å². The molecule has 8 heteroatoms. The maximum atomic E-state index is 13.6. The van der Waals surface area contributed by atoms with Crippen molar-refractivity contribution in [3.63, 3.8) is 0 Å². The summed E-state index contributed by atoms with van der Waals surface area (Å²) < 4.78 is 17.5. The summed E-state index contributed by atoms with van der Waals surface area (Å²) in [7, 11) is 0. The van der Waals surface area contributed by atoms with Crippen molar-refractivity contribution in [2.75, 3.05) is 26.4 Å². The van der Waals surface area contributed by atoms with Crippen LogP contribution < -0.4 is 10.2 Å². The van der Waals surface area contributed by atoms with E-state index in [0.29, 0.717) is 38.7 Å². The second-order valence-electron chi connectivity index (χ2n) is 7.61. The zero-order valence-corrected chi connectivity index (χ0v) is 17.2. The number of amides is 2. The lowest BCUT2D eigenvalue weighted by molar-refractivity contribution is -0.153. The molecule has 0 bridgehead atoms. The third-order valence-corrected chi connectivity index (χ3v) is 5.55. The Morgan fingerprint density at radius 3 is 2.61 bits per heavy atom. The van der Waals surface area contributed by atoms with Crippen LogP contribution in [0.2, 0.25) is 0 Å². The summed E-state index contributed by atoms with van der Waals surface area (Å²) in [5.74, 6) is -0.207. The minimum atomic E-state index is -0.703. The standard InChI is InChI=1S/C23H26N2O6/c26-22(24-28)17-6-7-18-15-25(10-13-30-20(18)14-17)23(27)21(16-4-2-1-3-5-16)31-19-8-11-29-12-9-19/h1-7,14,19,21,28H,8-13,15H2,(H,24,26). The number of nitrogens with one attached hydrogen (secondary N) is 1. The molecule has 2 N–H and O–H groups in total. The molecular formula is C23H26N2O6. The van der Waals surface area contributed by atoms with Crippen LogP contribution >= 0.6 is 0 Å². The van der Waals surface area contributed by atoms with Crippen LogP contribution in [0, 0.1) is 0 Å². The summed E-state index contributed by atoms with van der Waals surface area (Å²) in [4.78, 5) is 27.0. The van der Waals surface area contributed by atoms with Crippen LogP contribution in [0.1, 0.15) is 40.4 Å². The highest BCUT2D eigenvalue weighted by atomic mass is 16.5. The van der Waals surface area contributed by atoms with Gasteiger partial charge in [0, 0.05) is 30.9 Å². The largest absolute Gasteiger partial charge is 0.491 e. The van der Waals surface area contributed by atoms with E-state index >= 15 is 0 Å². The molecule has 0 aliphatic carbocycles. The van der Waals surface area contributed by atoms with Gasteiger partial charge in [0.05, 0.1) is 12.6 Å². The Hall–Kier alpha value is -2.94. The maximum Gasteiger partial charge on any atom is 0.274 e. The molecule has 2 amide bonds. The number of benzene rings is 2. The van der Waals surface area contributed by atoms with Gasteiger partial charge in [0.2, 0.25) is 0 Å². The molecule has 1 saturated heterocycles. The Balaban J connectivity index is 1.55. The van der Waals surface area contributed by atoms with Crippen molar-refractivity contribution >= 4 is 11.8 Å². The van der Waals surface area contributed by atoms with E-state index in [2.05, 4.69) is 0 Å². The van der Waals surface area contributed by atoms with Crippen LogP contribution in [-0.4, -0.2) is 54.4 Å². The van der Waals surface area contributed by atoms with E-state index in [9.17, 15) is 9.59 Å². The molecule has 2 aliphatic heterocycles. The van der Waals surface area contributed by atoms with Gasteiger partial charge in [0.15, 0.2) is 6.10 Å². The maximum absolute atomic E-state index is 13.6. The number of fused-ring (bicyclic) bond motifs is 1. The summed E-state index contributed by atoms with van der Waals surface area (Å²) >= 11 is 0. The quantitative estimate of drug-likeness (QED) is 0.563. The molecular weight excluding hydrogens is 400 g/mol. The van der Waals surface area contributed by atoms with Crippen molar-refractivity contribution in [2.45, 2.75) is 31.6 Å². The highest BCUT2D eigenvalue weighted by molar-refractivity contribution is 5.93.